The predicted octanol–water partition coefficient (Wildman–Crippen LogP) is 4.26. The molecule has 3 rings (SSSR count). The summed E-state index contributed by atoms with van der Waals surface area (Å²) in [6.07, 6.45) is 2.25. The smallest absolute Gasteiger partial charge is 0.0970 e. The van der Waals surface area contributed by atoms with Gasteiger partial charge in [-0.3, -0.25) is 0 Å². The zero-order valence-electron chi connectivity index (χ0n) is 12.6. The van der Waals surface area contributed by atoms with Gasteiger partial charge in [-0.1, -0.05) is 30.3 Å². The SMILES string of the molecule is COSc1ccc(-c2nn(-c3ccccc3)cc2CC#N)cc1. The third-order valence-electron chi connectivity index (χ3n) is 3.39. The second kappa shape index (κ2) is 7.14. The van der Waals surface area contributed by atoms with Crippen molar-refractivity contribution < 1.29 is 4.18 Å². The zero-order valence-corrected chi connectivity index (χ0v) is 13.5. The molecule has 0 aliphatic carbocycles. The first-order chi connectivity index (χ1) is 11.3. The molecule has 0 bridgehead atoms. The van der Waals surface area contributed by atoms with Gasteiger partial charge >= 0.3 is 0 Å². The second-order valence-electron chi connectivity index (χ2n) is 4.89. The van der Waals surface area contributed by atoms with Crippen LogP contribution in [0, 0.1) is 11.3 Å². The summed E-state index contributed by atoms with van der Waals surface area (Å²) in [6.45, 7) is 0. The van der Waals surface area contributed by atoms with Crippen LogP contribution in [0.4, 0.5) is 0 Å². The number of para-hydroxylation sites is 1. The Kier molecular flexibility index (Phi) is 4.77. The summed E-state index contributed by atoms with van der Waals surface area (Å²) in [7, 11) is 1.64. The lowest BCUT2D eigenvalue weighted by atomic mass is 10.1. The van der Waals surface area contributed by atoms with Gasteiger partial charge < -0.3 is 4.18 Å². The van der Waals surface area contributed by atoms with E-state index >= 15 is 0 Å². The predicted molar refractivity (Wildman–Crippen MR) is 91.2 cm³/mol. The summed E-state index contributed by atoms with van der Waals surface area (Å²) in [6, 6.07) is 20.1. The van der Waals surface area contributed by atoms with Crippen LogP contribution >= 0.6 is 12.0 Å². The molecule has 0 N–H and O–H groups in total. The fourth-order valence-electron chi connectivity index (χ4n) is 2.34. The summed E-state index contributed by atoms with van der Waals surface area (Å²) in [4.78, 5) is 1.03. The molecule has 1 aromatic heterocycles. The highest BCUT2D eigenvalue weighted by molar-refractivity contribution is 7.94. The van der Waals surface area contributed by atoms with E-state index in [0.717, 1.165) is 27.4 Å². The van der Waals surface area contributed by atoms with Crippen LogP contribution in [0.25, 0.3) is 16.9 Å². The molecule has 0 saturated carbocycles. The molecular formula is C18H15N3OS. The van der Waals surface area contributed by atoms with E-state index in [1.54, 1.807) is 7.11 Å². The molecular weight excluding hydrogens is 306 g/mol. The number of hydrogen-bond acceptors (Lipinski definition) is 4. The summed E-state index contributed by atoms with van der Waals surface area (Å²) < 4.78 is 6.87. The van der Waals surface area contributed by atoms with Crippen LogP contribution in [-0.2, 0) is 10.6 Å². The Morgan fingerprint density at radius 1 is 1.13 bits per heavy atom. The van der Waals surface area contributed by atoms with Gasteiger partial charge in [0, 0.05) is 34.3 Å². The Morgan fingerprint density at radius 2 is 1.87 bits per heavy atom. The van der Waals surface area contributed by atoms with Crippen molar-refractivity contribution in [2.24, 2.45) is 0 Å². The molecule has 0 unspecified atom stereocenters. The van der Waals surface area contributed by atoms with E-state index in [4.69, 9.17) is 9.44 Å². The summed E-state index contributed by atoms with van der Waals surface area (Å²) in [5.41, 5.74) is 3.72. The second-order valence-corrected chi connectivity index (χ2v) is 5.86. The maximum atomic E-state index is 9.08. The molecule has 5 heteroatoms. The molecule has 0 aliphatic heterocycles. The van der Waals surface area contributed by atoms with Gasteiger partial charge in [-0.2, -0.15) is 10.4 Å². The number of aromatic nitrogens is 2. The van der Waals surface area contributed by atoms with E-state index in [1.807, 2.05) is 65.5 Å². The lowest BCUT2D eigenvalue weighted by molar-refractivity contribution is 0.490. The van der Waals surface area contributed by atoms with Crippen LogP contribution in [0.15, 0.2) is 65.7 Å². The van der Waals surface area contributed by atoms with Gasteiger partial charge in [0.15, 0.2) is 0 Å². The fourth-order valence-corrected chi connectivity index (χ4v) is 2.78. The van der Waals surface area contributed by atoms with Crippen molar-refractivity contribution in [3.63, 3.8) is 0 Å². The van der Waals surface area contributed by atoms with Crippen LogP contribution in [0.1, 0.15) is 5.56 Å². The normalized spacial score (nSPS) is 10.4. The van der Waals surface area contributed by atoms with E-state index in [1.165, 1.54) is 12.0 Å². The van der Waals surface area contributed by atoms with Gasteiger partial charge in [0.25, 0.3) is 0 Å². The minimum absolute atomic E-state index is 0.330. The molecule has 0 aliphatic rings. The maximum absolute atomic E-state index is 9.08. The number of hydrogen-bond donors (Lipinski definition) is 0. The Bertz CT molecular complexity index is 820. The van der Waals surface area contributed by atoms with Crippen LogP contribution in [0.5, 0.6) is 0 Å². The first-order valence-electron chi connectivity index (χ1n) is 7.14. The largest absolute Gasteiger partial charge is 0.314 e. The van der Waals surface area contributed by atoms with Crippen molar-refractivity contribution in [2.75, 3.05) is 7.11 Å². The summed E-state index contributed by atoms with van der Waals surface area (Å²) in [5.74, 6) is 0. The third-order valence-corrected chi connectivity index (χ3v) is 4.02. The average molecular weight is 321 g/mol. The van der Waals surface area contributed by atoms with Crippen LogP contribution in [0.2, 0.25) is 0 Å². The van der Waals surface area contributed by atoms with Crippen molar-refractivity contribution in [2.45, 2.75) is 11.3 Å². The van der Waals surface area contributed by atoms with Crippen molar-refractivity contribution in [1.29, 1.82) is 5.26 Å². The number of rotatable bonds is 5. The molecule has 3 aromatic rings. The van der Waals surface area contributed by atoms with Crippen LogP contribution in [-0.4, -0.2) is 16.9 Å². The molecule has 1 heterocycles. The molecule has 23 heavy (non-hydrogen) atoms. The molecule has 2 aromatic carbocycles. The van der Waals surface area contributed by atoms with Gasteiger partial charge in [-0.25, -0.2) is 4.68 Å². The number of nitriles is 1. The first-order valence-corrected chi connectivity index (χ1v) is 7.88. The van der Waals surface area contributed by atoms with E-state index in [-0.39, 0.29) is 0 Å². The molecule has 0 amide bonds. The van der Waals surface area contributed by atoms with Crippen molar-refractivity contribution in [3.8, 4) is 23.0 Å². The summed E-state index contributed by atoms with van der Waals surface area (Å²) in [5, 5.41) is 13.8. The maximum Gasteiger partial charge on any atom is 0.0970 e. The van der Waals surface area contributed by atoms with Gasteiger partial charge in [0.05, 0.1) is 31.0 Å². The number of benzene rings is 2. The van der Waals surface area contributed by atoms with Crippen molar-refractivity contribution >= 4 is 12.0 Å². The lowest BCUT2D eigenvalue weighted by Gasteiger charge is -2.02. The number of nitrogens with zero attached hydrogens (tertiary/aromatic N) is 3. The first kappa shape index (κ1) is 15.3. The highest BCUT2D eigenvalue weighted by Gasteiger charge is 2.12. The highest BCUT2D eigenvalue weighted by Crippen LogP contribution is 2.27. The lowest BCUT2D eigenvalue weighted by Crippen LogP contribution is -1.93. The standard InChI is InChI=1S/C18H15N3OS/c1-22-23-17-9-7-14(8-10-17)18-15(11-12-19)13-21(20-18)16-5-3-2-4-6-16/h2-10,13H,11H2,1H3. The molecule has 0 fully saturated rings. The molecule has 4 nitrogen and oxygen atoms in total. The van der Waals surface area contributed by atoms with Crippen molar-refractivity contribution in [3.05, 3.63) is 66.4 Å². The molecule has 0 atom stereocenters. The molecule has 0 radical (unpaired) electrons. The third kappa shape index (κ3) is 3.45. The molecule has 0 saturated heterocycles. The highest BCUT2D eigenvalue weighted by atomic mass is 32.2. The monoisotopic (exact) mass is 321 g/mol. The molecule has 114 valence electrons. The summed E-state index contributed by atoms with van der Waals surface area (Å²) >= 11 is 1.32. The Morgan fingerprint density at radius 3 is 2.52 bits per heavy atom. The Labute approximate surface area is 139 Å². The average Bonchev–Trinajstić information content (AvgIpc) is 3.01. The van der Waals surface area contributed by atoms with Gasteiger partial charge in [0.2, 0.25) is 0 Å². The van der Waals surface area contributed by atoms with Crippen molar-refractivity contribution in [1.82, 2.24) is 9.78 Å². The van der Waals surface area contributed by atoms with Gasteiger partial charge in [0.1, 0.15) is 0 Å². The molecule has 0 spiro atoms. The van der Waals surface area contributed by atoms with E-state index in [2.05, 4.69) is 11.2 Å². The van der Waals surface area contributed by atoms with Crippen LogP contribution < -0.4 is 0 Å². The van der Waals surface area contributed by atoms with Gasteiger partial charge in [-0.05, 0) is 24.3 Å². The van der Waals surface area contributed by atoms with Gasteiger partial charge in [-0.15, -0.1) is 0 Å². The zero-order chi connectivity index (χ0) is 16.1. The fraction of sp³-hybridized carbons (Fsp3) is 0.111. The van der Waals surface area contributed by atoms with Crippen LogP contribution in [0.3, 0.4) is 0 Å². The van der Waals surface area contributed by atoms with E-state index in [0.29, 0.717) is 6.42 Å². The van der Waals surface area contributed by atoms with E-state index in [9.17, 15) is 0 Å². The quantitative estimate of drug-likeness (QED) is 0.659. The van der Waals surface area contributed by atoms with E-state index < -0.39 is 0 Å². The minimum atomic E-state index is 0.330. The topological polar surface area (TPSA) is 50.8 Å². The Hall–Kier alpha value is -2.55. The minimum Gasteiger partial charge on any atom is -0.314 e. The Balaban J connectivity index is 2.00.